The van der Waals surface area contributed by atoms with Crippen LogP contribution < -0.4 is 0 Å². The summed E-state index contributed by atoms with van der Waals surface area (Å²) in [6, 6.07) is 0. The van der Waals surface area contributed by atoms with Gasteiger partial charge in [0.05, 0.1) is 6.10 Å². The number of aromatic nitrogens is 2. The van der Waals surface area contributed by atoms with Crippen molar-refractivity contribution in [3.05, 3.63) is 18.2 Å². The Labute approximate surface area is 120 Å². The van der Waals surface area contributed by atoms with Crippen molar-refractivity contribution >= 4 is 5.91 Å². The summed E-state index contributed by atoms with van der Waals surface area (Å²) in [6.07, 6.45) is 8.59. The van der Waals surface area contributed by atoms with Crippen LogP contribution in [0.15, 0.2) is 12.4 Å². The molecule has 1 N–H and O–H groups in total. The molecular formula is C15H25N3O2. The molecule has 1 aliphatic carbocycles. The largest absolute Gasteiger partial charge is 0.393 e. The lowest BCUT2D eigenvalue weighted by atomic mass is 9.86. The van der Waals surface area contributed by atoms with E-state index in [4.69, 9.17) is 0 Å². The monoisotopic (exact) mass is 279 g/mol. The molecule has 2 rings (SSSR count). The van der Waals surface area contributed by atoms with Crippen molar-refractivity contribution in [2.75, 3.05) is 13.6 Å². The average molecular weight is 279 g/mol. The molecule has 1 aromatic rings. The van der Waals surface area contributed by atoms with Crippen molar-refractivity contribution in [2.24, 2.45) is 13.0 Å². The van der Waals surface area contributed by atoms with E-state index in [9.17, 15) is 9.90 Å². The molecule has 1 heterocycles. The number of aliphatic hydroxyl groups is 1. The number of aryl methyl sites for hydroxylation is 2. The van der Waals surface area contributed by atoms with E-state index in [1.165, 1.54) is 0 Å². The average Bonchev–Trinajstić information content (AvgIpc) is 2.83. The molecule has 0 radical (unpaired) electrons. The summed E-state index contributed by atoms with van der Waals surface area (Å²) >= 11 is 0. The lowest BCUT2D eigenvalue weighted by Crippen LogP contribution is -2.37. The number of hydrogen-bond donors (Lipinski definition) is 1. The molecule has 5 nitrogen and oxygen atoms in total. The van der Waals surface area contributed by atoms with Crippen molar-refractivity contribution in [2.45, 2.75) is 44.6 Å². The van der Waals surface area contributed by atoms with Gasteiger partial charge < -0.3 is 14.6 Å². The van der Waals surface area contributed by atoms with Crippen molar-refractivity contribution in [1.82, 2.24) is 14.5 Å². The number of aliphatic hydroxyl groups excluding tert-OH is 1. The standard InChI is InChI=1S/C15H25N3O2/c1-17-10-8-16-14(17)7-4-9-18(2)15(20)12-5-3-6-13(19)11-12/h8,10,12-13,19H,3-7,9,11H2,1-2H3/t12-,13-/m1/s1. The topological polar surface area (TPSA) is 58.4 Å². The number of rotatable bonds is 5. The number of nitrogens with zero attached hydrogens (tertiary/aromatic N) is 3. The summed E-state index contributed by atoms with van der Waals surface area (Å²) in [4.78, 5) is 18.4. The van der Waals surface area contributed by atoms with Crippen LogP contribution in [0.25, 0.3) is 0 Å². The quantitative estimate of drug-likeness (QED) is 0.885. The first-order valence-corrected chi connectivity index (χ1v) is 7.47. The van der Waals surface area contributed by atoms with E-state index in [0.717, 1.165) is 44.5 Å². The van der Waals surface area contributed by atoms with Gasteiger partial charge in [0.2, 0.25) is 5.91 Å². The van der Waals surface area contributed by atoms with Gasteiger partial charge in [-0.15, -0.1) is 0 Å². The lowest BCUT2D eigenvalue weighted by molar-refractivity contribution is -0.136. The molecule has 5 heteroatoms. The molecule has 1 amide bonds. The Morgan fingerprint density at radius 2 is 2.35 bits per heavy atom. The van der Waals surface area contributed by atoms with Crippen LogP contribution in [-0.4, -0.2) is 45.2 Å². The summed E-state index contributed by atoms with van der Waals surface area (Å²) in [7, 11) is 3.85. The van der Waals surface area contributed by atoms with Gasteiger partial charge in [-0.05, 0) is 25.7 Å². The molecule has 0 aliphatic heterocycles. The first-order valence-electron chi connectivity index (χ1n) is 7.47. The van der Waals surface area contributed by atoms with E-state index in [1.807, 2.05) is 29.8 Å². The van der Waals surface area contributed by atoms with Gasteiger partial charge in [0, 0.05) is 45.4 Å². The fraction of sp³-hybridized carbons (Fsp3) is 0.733. The van der Waals surface area contributed by atoms with E-state index in [2.05, 4.69) is 4.98 Å². The molecule has 1 aliphatic rings. The fourth-order valence-corrected chi connectivity index (χ4v) is 2.92. The van der Waals surface area contributed by atoms with Gasteiger partial charge in [-0.25, -0.2) is 4.98 Å². The zero-order valence-electron chi connectivity index (χ0n) is 12.5. The Kier molecular flexibility index (Phi) is 5.17. The Bertz CT molecular complexity index is 444. The first kappa shape index (κ1) is 15.0. The highest BCUT2D eigenvalue weighted by Gasteiger charge is 2.27. The molecule has 0 saturated heterocycles. The molecule has 0 spiro atoms. The molecule has 1 aromatic heterocycles. The van der Waals surface area contributed by atoms with Gasteiger partial charge in [0.15, 0.2) is 0 Å². The normalized spacial score (nSPS) is 22.8. The molecule has 0 unspecified atom stereocenters. The van der Waals surface area contributed by atoms with E-state index < -0.39 is 0 Å². The maximum Gasteiger partial charge on any atom is 0.225 e. The van der Waals surface area contributed by atoms with Crippen molar-refractivity contribution in [1.29, 1.82) is 0 Å². The van der Waals surface area contributed by atoms with Gasteiger partial charge in [-0.1, -0.05) is 6.42 Å². The summed E-state index contributed by atoms with van der Waals surface area (Å²) in [5.41, 5.74) is 0. The minimum atomic E-state index is -0.293. The number of amides is 1. The second kappa shape index (κ2) is 6.88. The molecule has 2 atom stereocenters. The fourth-order valence-electron chi connectivity index (χ4n) is 2.92. The van der Waals surface area contributed by atoms with Crippen LogP contribution in [0.3, 0.4) is 0 Å². The predicted molar refractivity (Wildman–Crippen MR) is 77.1 cm³/mol. The van der Waals surface area contributed by atoms with E-state index in [-0.39, 0.29) is 17.9 Å². The molecule has 0 aromatic carbocycles. The Balaban J connectivity index is 1.75. The molecule has 0 bridgehead atoms. The maximum absolute atomic E-state index is 12.3. The van der Waals surface area contributed by atoms with Crippen LogP contribution in [-0.2, 0) is 18.3 Å². The van der Waals surface area contributed by atoms with Crippen LogP contribution in [0.5, 0.6) is 0 Å². The van der Waals surface area contributed by atoms with Crippen molar-refractivity contribution in [3.63, 3.8) is 0 Å². The highest BCUT2D eigenvalue weighted by Crippen LogP contribution is 2.25. The molecule has 112 valence electrons. The SMILES string of the molecule is CN(CCCc1nccn1C)C(=O)[C@@H]1CCC[C@@H](O)C1. The molecule has 1 fully saturated rings. The number of carbonyl (C=O) groups is 1. The zero-order valence-corrected chi connectivity index (χ0v) is 12.5. The Hall–Kier alpha value is -1.36. The van der Waals surface area contributed by atoms with Gasteiger partial charge in [0.25, 0.3) is 0 Å². The zero-order chi connectivity index (χ0) is 14.5. The van der Waals surface area contributed by atoms with Gasteiger partial charge in [-0.2, -0.15) is 0 Å². The predicted octanol–water partition coefficient (Wildman–Crippen LogP) is 1.36. The summed E-state index contributed by atoms with van der Waals surface area (Å²) in [6.45, 7) is 0.748. The van der Waals surface area contributed by atoms with Crippen molar-refractivity contribution < 1.29 is 9.90 Å². The van der Waals surface area contributed by atoms with Gasteiger partial charge >= 0.3 is 0 Å². The first-order chi connectivity index (χ1) is 9.58. The van der Waals surface area contributed by atoms with Crippen LogP contribution in [0.2, 0.25) is 0 Å². The lowest BCUT2D eigenvalue weighted by Gasteiger charge is -2.28. The van der Waals surface area contributed by atoms with Crippen LogP contribution >= 0.6 is 0 Å². The second-order valence-electron chi connectivity index (χ2n) is 5.84. The molecule has 1 saturated carbocycles. The maximum atomic E-state index is 12.3. The summed E-state index contributed by atoms with van der Waals surface area (Å²) in [5.74, 6) is 1.25. The highest BCUT2D eigenvalue weighted by atomic mass is 16.3. The van der Waals surface area contributed by atoms with Gasteiger partial charge in [0.1, 0.15) is 5.82 Å². The summed E-state index contributed by atoms with van der Waals surface area (Å²) in [5, 5.41) is 9.66. The van der Waals surface area contributed by atoms with Crippen LogP contribution in [0, 0.1) is 5.92 Å². The third kappa shape index (κ3) is 3.82. The van der Waals surface area contributed by atoms with Crippen LogP contribution in [0.1, 0.15) is 37.9 Å². The highest BCUT2D eigenvalue weighted by molar-refractivity contribution is 5.78. The van der Waals surface area contributed by atoms with E-state index >= 15 is 0 Å². The third-order valence-corrected chi connectivity index (χ3v) is 4.19. The second-order valence-corrected chi connectivity index (χ2v) is 5.84. The van der Waals surface area contributed by atoms with Crippen LogP contribution in [0.4, 0.5) is 0 Å². The number of carbonyl (C=O) groups excluding carboxylic acids is 1. The van der Waals surface area contributed by atoms with E-state index in [1.54, 1.807) is 6.20 Å². The third-order valence-electron chi connectivity index (χ3n) is 4.19. The molecular weight excluding hydrogens is 254 g/mol. The minimum absolute atomic E-state index is 0.0110. The van der Waals surface area contributed by atoms with Gasteiger partial charge in [-0.3, -0.25) is 4.79 Å². The number of imidazole rings is 1. The number of hydrogen-bond acceptors (Lipinski definition) is 3. The Morgan fingerprint density at radius 3 is 3.00 bits per heavy atom. The Morgan fingerprint density at radius 1 is 1.55 bits per heavy atom. The minimum Gasteiger partial charge on any atom is -0.393 e. The summed E-state index contributed by atoms with van der Waals surface area (Å²) < 4.78 is 2.01. The smallest absolute Gasteiger partial charge is 0.225 e. The van der Waals surface area contributed by atoms with E-state index in [0.29, 0.717) is 6.42 Å². The van der Waals surface area contributed by atoms with Crippen molar-refractivity contribution in [3.8, 4) is 0 Å². The molecule has 20 heavy (non-hydrogen) atoms.